The molecular weight excluding hydrogens is 320 g/mol. The molecule has 0 spiro atoms. The Balaban J connectivity index is 2.56. The lowest BCUT2D eigenvalue weighted by Gasteiger charge is -2.16. The van der Waals surface area contributed by atoms with Gasteiger partial charge in [-0.1, -0.05) is 24.3 Å². The predicted octanol–water partition coefficient (Wildman–Crippen LogP) is 1.29. The molecule has 0 fully saturated rings. The third kappa shape index (κ3) is 3.58. The normalized spacial score (nSPS) is 12.1. The molecule has 0 aromatic heterocycles. The fourth-order valence-corrected chi connectivity index (χ4v) is 2.80. The van der Waals surface area contributed by atoms with Crippen molar-refractivity contribution in [3.05, 3.63) is 48.5 Å². The standard InChI is InChI=1S/C12H10O7S2/c13-20(14,15)11-7-3-1-5-9(11)19-10-6-2-4-8-12(10)21(16,17)18/h1-8H,(H,13,14,15)(H,16,17,18)/p-2. The maximum Gasteiger partial charge on any atom is 0.144 e. The smallest absolute Gasteiger partial charge is 0.144 e. The van der Waals surface area contributed by atoms with Gasteiger partial charge in [-0.15, -0.1) is 0 Å². The molecule has 0 aliphatic heterocycles. The Kier molecular flexibility index (Phi) is 4.01. The van der Waals surface area contributed by atoms with E-state index >= 15 is 0 Å². The second kappa shape index (κ2) is 5.45. The first kappa shape index (κ1) is 15.4. The molecule has 0 radical (unpaired) electrons. The molecule has 7 nitrogen and oxygen atoms in total. The van der Waals surface area contributed by atoms with Crippen molar-refractivity contribution in [1.29, 1.82) is 0 Å². The lowest BCUT2D eigenvalue weighted by molar-refractivity contribution is 0.426. The Labute approximate surface area is 121 Å². The molecule has 9 heteroatoms. The van der Waals surface area contributed by atoms with Gasteiger partial charge in [-0.05, 0) is 24.3 Å². The van der Waals surface area contributed by atoms with Gasteiger partial charge in [-0.2, -0.15) is 0 Å². The SMILES string of the molecule is O=S(=O)([O-])c1ccccc1Oc1ccccc1S(=O)(=O)[O-]. The van der Waals surface area contributed by atoms with E-state index in [1.807, 2.05) is 0 Å². The van der Waals surface area contributed by atoms with Crippen LogP contribution in [0.1, 0.15) is 0 Å². The summed E-state index contributed by atoms with van der Waals surface area (Å²) in [6, 6.07) is 9.83. The highest BCUT2D eigenvalue weighted by molar-refractivity contribution is 7.86. The van der Waals surface area contributed by atoms with Gasteiger partial charge >= 0.3 is 0 Å². The molecule has 112 valence electrons. The minimum atomic E-state index is -4.80. The zero-order valence-electron chi connectivity index (χ0n) is 10.3. The van der Waals surface area contributed by atoms with Gasteiger partial charge in [0.15, 0.2) is 0 Å². The quantitative estimate of drug-likeness (QED) is 0.774. The summed E-state index contributed by atoms with van der Waals surface area (Å²) in [5.74, 6) is -0.716. The third-order valence-electron chi connectivity index (χ3n) is 2.46. The summed E-state index contributed by atoms with van der Waals surface area (Å²) < 4.78 is 71.8. The summed E-state index contributed by atoms with van der Waals surface area (Å²) in [6.07, 6.45) is 0. The lowest BCUT2D eigenvalue weighted by atomic mass is 10.3. The van der Waals surface area contributed by atoms with Crippen LogP contribution in [-0.4, -0.2) is 25.9 Å². The average Bonchev–Trinajstić information content (AvgIpc) is 2.37. The van der Waals surface area contributed by atoms with Gasteiger partial charge in [0.1, 0.15) is 31.7 Å². The van der Waals surface area contributed by atoms with E-state index in [1.54, 1.807) is 0 Å². The minimum absolute atomic E-state index is 0.358. The van der Waals surface area contributed by atoms with Gasteiger partial charge in [0.05, 0.1) is 9.79 Å². The van der Waals surface area contributed by atoms with E-state index in [1.165, 1.54) is 36.4 Å². The average molecular weight is 328 g/mol. The van der Waals surface area contributed by atoms with E-state index < -0.39 is 30.0 Å². The zero-order valence-corrected chi connectivity index (χ0v) is 11.9. The molecule has 0 amide bonds. The highest BCUT2D eigenvalue weighted by Crippen LogP contribution is 2.32. The van der Waals surface area contributed by atoms with E-state index in [2.05, 4.69) is 0 Å². The summed E-state index contributed by atoms with van der Waals surface area (Å²) in [5.41, 5.74) is 0. The summed E-state index contributed by atoms with van der Waals surface area (Å²) in [5, 5.41) is 0. The molecule has 2 rings (SSSR count). The first-order valence-electron chi connectivity index (χ1n) is 5.47. The Morgan fingerprint density at radius 1 is 0.667 bits per heavy atom. The van der Waals surface area contributed by atoms with Crippen LogP contribution in [0.3, 0.4) is 0 Å². The van der Waals surface area contributed by atoms with Crippen LogP contribution in [0.2, 0.25) is 0 Å². The van der Waals surface area contributed by atoms with Crippen molar-refractivity contribution in [3.63, 3.8) is 0 Å². The van der Waals surface area contributed by atoms with Crippen LogP contribution in [0.4, 0.5) is 0 Å². The van der Waals surface area contributed by atoms with E-state index in [-0.39, 0.29) is 11.5 Å². The van der Waals surface area contributed by atoms with Crippen molar-refractivity contribution in [2.45, 2.75) is 9.79 Å². The second-order valence-electron chi connectivity index (χ2n) is 3.90. The Morgan fingerprint density at radius 2 is 1.00 bits per heavy atom. The van der Waals surface area contributed by atoms with Crippen LogP contribution in [0, 0.1) is 0 Å². The van der Waals surface area contributed by atoms with Crippen LogP contribution in [-0.2, 0) is 20.2 Å². The number of ether oxygens (including phenoxy) is 1. The van der Waals surface area contributed by atoms with Crippen molar-refractivity contribution >= 4 is 20.2 Å². The number of benzene rings is 2. The first-order valence-corrected chi connectivity index (χ1v) is 8.29. The molecule has 0 unspecified atom stereocenters. The molecule has 0 N–H and O–H groups in total. The molecule has 21 heavy (non-hydrogen) atoms. The molecule has 2 aromatic carbocycles. The fourth-order valence-electron chi connectivity index (χ4n) is 1.60. The topological polar surface area (TPSA) is 124 Å². The monoisotopic (exact) mass is 328 g/mol. The second-order valence-corrected chi connectivity index (χ2v) is 6.60. The van der Waals surface area contributed by atoms with Crippen LogP contribution in [0.15, 0.2) is 58.3 Å². The van der Waals surface area contributed by atoms with E-state index in [0.29, 0.717) is 0 Å². The summed E-state index contributed by atoms with van der Waals surface area (Å²) in [4.78, 5) is -1.30. The van der Waals surface area contributed by atoms with E-state index in [4.69, 9.17) is 4.74 Å². The van der Waals surface area contributed by atoms with Gasteiger partial charge in [-0.25, -0.2) is 16.8 Å². The van der Waals surface area contributed by atoms with Gasteiger partial charge < -0.3 is 13.8 Å². The number of hydrogen-bond donors (Lipinski definition) is 0. The van der Waals surface area contributed by atoms with Gasteiger partial charge in [0, 0.05) is 0 Å². The van der Waals surface area contributed by atoms with Gasteiger partial charge in [-0.3, -0.25) is 0 Å². The molecule has 0 saturated carbocycles. The summed E-state index contributed by atoms with van der Waals surface area (Å²) in [7, 11) is -9.61. The van der Waals surface area contributed by atoms with Crippen molar-refractivity contribution < 1.29 is 30.7 Å². The Morgan fingerprint density at radius 3 is 1.33 bits per heavy atom. The third-order valence-corrected chi connectivity index (χ3v) is 4.21. The number of hydrogen-bond acceptors (Lipinski definition) is 7. The molecule has 0 bridgehead atoms. The molecule has 0 heterocycles. The van der Waals surface area contributed by atoms with Gasteiger partial charge in [0.25, 0.3) is 0 Å². The Hall–Kier alpha value is -1.94. The number of rotatable bonds is 4. The summed E-state index contributed by atoms with van der Waals surface area (Å²) >= 11 is 0. The fraction of sp³-hybridized carbons (Fsp3) is 0. The largest absolute Gasteiger partial charge is 0.744 e. The van der Waals surface area contributed by atoms with Crippen LogP contribution >= 0.6 is 0 Å². The maximum absolute atomic E-state index is 11.1. The Bertz CT molecular complexity index is 796. The molecule has 0 aliphatic rings. The van der Waals surface area contributed by atoms with E-state index in [0.717, 1.165) is 12.1 Å². The van der Waals surface area contributed by atoms with Crippen molar-refractivity contribution in [2.75, 3.05) is 0 Å². The predicted molar refractivity (Wildman–Crippen MR) is 68.9 cm³/mol. The molecular formula is C12H8O7S2-2. The minimum Gasteiger partial charge on any atom is -0.744 e. The lowest BCUT2D eigenvalue weighted by Crippen LogP contribution is -2.04. The van der Waals surface area contributed by atoms with Crippen LogP contribution in [0.25, 0.3) is 0 Å². The van der Waals surface area contributed by atoms with Crippen LogP contribution in [0.5, 0.6) is 11.5 Å². The molecule has 0 atom stereocenters. The van der Waals surface area contributed by atoms with Gasteiger partial charge in [0.2, 0.25) is 0 Å². The first-order chi connectivity index (χ1) is 9.69. The zero-order chi connectivity index (χ0) is 15.7. The van der Waals surface area contributed by atoms with Crippen molar-refractivity contribution in [2.24, 2.45) is 0 Å². The van der Waals surface area contributed by atoms with Crippen LogP contribution < -0.4 is 4.74 Å². The molecule has 0 aliphatic carbocycles. The molecule has 0 saturated heterocycles. The maximum atomic E-state index is 11.1. The van der Waals surface area contributed by atoms with E-state index in [9.17, 15) is 25.9 Å². The highest BCUT2D eigenvalue weighted by Gasteiger charge is 2.14. The molecule has 2 aromatic rings. The highest BCUT2D eigenvalue weighted by atomic mass is 32.2. The number of para-hydroxylation sites is 2. The van der Waals surface area contributed by atoms with Crippen molar-refractivity contribution in [3.8, 4) is 11.5 Å². The summed E-state index contributed by atoms with van der Waals surface area (Å²) in [6.45, 7) is 0. The van der Waals surface area contributed by atoms with Crippen molar-refractivity contribution in [1.82, 2.24) is 0 Å².